The molecule has 222 valence electrons. The molecule has 0 aliphatic heterocycles. The highest BCUT2D eigenvalue weighted by atomic mass is 35.5. The predicted molar refractivity (Wildman–Crippen MR) is 165 cm³/mol. The van der Waals surface area contributed by atoms with Gasteiger partial charge in [0.1, 0.15) is 11.3 Å². The summed E-state index contributed by atoms with van der Waals surface area (Å²) >= 11 is 6.54. The third kappa shape index (κ3) is 9.16. The maximum absolute atomic E-state index is 13.5. The van der Waals surface area contributed by atoms with Gasteiger partial charge in [0, 0.05) is 17.0 Å². The number of nitrogens with one attached hydrogen (secondary N) is 1. The van der Waals surface area contributed by atoms with E-state index in [4.69, 9.17) is 25.6 Å². The first kappa shape index (κ1) is 31.3. The van der Waals surface area contributed by atoms with E-state index in [0.29, 0.717) is 33.6 Å². The first-order chi connectivity index (χ1) is 20.6. The minimum absolute atomic E-state index is 0.0751. The average Bonchev–Trinajstić information content (AvgIpc) is 3.48. The Morgan fingerprint density at radius 1 is 0.929 bits per heavy atom. The van der Waals surface area contributed by atoms with Gasteiger partial charge in [-0.1, -0.05) is 104 Å². The molecule has 0 aliphatic rings. The fourth-order valence-corrected chi connectivity index (χ4v) is 4.97. The highest BCUT2D eigenvalue weighted by Crippen LogP contribution is 2.33. The highest BCUT2D eigenvalue weighted by molar-refractivity contribution is 6.31. The van der Waals surface area contributed by atoms with E-state index in [2.05, 4.69) is 22.4 Å². The molecule has 0 fully saturated rings. The van der Waals surface area contributed by atoms with Gasteiger partial charge in [-0.05, 0) is 62.2 Å². The van der Waals surface area contributed by atoms with Crippen LogP contribution < -0.4 is 10.1 Å². The molecule has 1 unspecified atom stereocenters. The maximum atomic E-state index is 13.5. The number of rotatable bonds is 17. The van der Waals surface area contributed by atoms with E-state index in [1.807, 2.05) is 55.6 Å². The predicted octanol–water partition coefficient (Wildman–Crippen LogP) is 7.91. The molecule has 0 saturated carbocycles. The van der Waals surface area contributed by atoms with Crippen LogP contribution in [0.3, 0.4) is 0 Å². The number of para-hydroxylation sites is 1. The largest absolute Gasteiger partial charge is 0.485 e. The van der Waals surface area contributed by atoms with Crippen LogP contribution in [0.15, 0.2) is 77.3 Å². The Labute approximate surface area is 253 Å². The van der Waals surface area contributed by atoms with Crippen molar-refractivity contribution in [1.29, 1.82) is 0 Å². The quantitative estimate of drug-likeness (QED) is 0.0988. The van der Waals surface area contributed by atoms with E-state index < -0.39 is 12.1 Å². The molecular weight excluding hydrogens is 550 g/mol. The van der Waals surface area contributed by atoms with E-state index in [9.17, 15) is 4.79 Å². The SMILES string of the molecule is CCc1ccc(C(OC(=O)c2ccccc2OCc2noc(CCCCCCCCNC)n2)c2ccccc2Cl)cc1. The molecule has 42 heavy (non-hydrogen) atoms. The second-order valence-corrected chi connectivity index (χ2v) is 10.7. The topological polar surface area (TPSA) is 86.5 Å². The van der Waals surface area contributed by atoms with Crippen LogP contribution in [0.5, 0.6) is 5.75 Å². The van der Waals surface area contributed by atoms with Gasteiger partial charge in [-0.2, -0.15) is 4.98 Å². The smallest absolute Gasteiger partial charge is 0.342 e. The number of aromatic nitrogens is 2. The van der Waals surface area contributed by atoms with Crippen molar-refractivity contribution in [1.82, 2.24) is 15.5 Å². The second-order valence-electron chi connectivity index (χ2n) is 10.3. The molecule has 0 radical (unpaired) electrons. The monoisotopic (exact) mass is 589 g/mol. The summed E-state index contributed by atoms with van der Waals surface area (Å²) < 4.78 is 17.5. The Balaban J connectivity index is 1.37. The zero-order chi connectivity index (χ0) is 29.6. The van der Waals surface area contributed by atoms with Crippen LogP contribution in [0.1, 0.15) is 90.3 Å². The molecule has 4 rings (SSSR count). The number of benzene rings is 3. The van der Waals surface area contributed by atoms with Crippen molar-refractivity contribution in [3.63, 3.8) is 0 Å². The third-order valence-corrected chi connectivity index (χ3v) is 7.49. The summed E-state index contributed by atoms with van der Waals surface area (Å²) in [6, 6.07) is 22.4. The molecule has 1 aromatic heterocycles. The molecule has 3 aromatic carbocycles. The average molecular weight is 590 g/mol. The Bertz CT molecular complexity index is 1390. The van der Waals surface area contributed by atoms with Gasteiger partial charge in [0.05, 0.1) is 0 Å². The van der Waals surface area contributed by atoms with Gasteiger partial charge in [-0.3, -0.25) is 0 Å². The van der Waals surface area contributed by atoms with E-state index in [1.54, 1.807) is 24.3 Å². The number of halogens is 1. The van der Waals surface area contributed by atoms with Gasteiger partial charge in [0.25, 0.3) is 0 Å². The van der Waals surface area contributed by atoms with Gasteiger partial charge in [-0.25, -0.2) is 4.79 Å². The lowest BCUT2D eigenvalue weighted by molar-refractivity contribution is 0.0373. The van der Waals surface area contributed by atoms with Crippen molar-refractivity contribution in [2.24, 2.45) is 0 Å². The molecule has 1 N–H and O–H groups in total. The summed E-state index contributed by atoms with van der Waals surface area (Å²) in [6.45, 7) is 3.25. The van der Waals surface area contributed by atoms with Crippen LogP contribution in [0.2, 0.25) is 5.02 Å². The molecule has 8 heteroatoms. The number of aryl methyl sites for hydroxylation is 2. The lowest BCUT2D eigenvalue weighted by atomic mass is 9.99. The fourth-order valence-electron chi connectivity index (χ4n) is 4.74. The van der Waals surface area contributed by atoms with Gasteiger partial charge >= 0.3 is 5.97 Å². The summed E-state index contributed by atoms with van der Waals surface area (Å²) in [5.41, 5.74) is 3.05. The molecule has 1 atom stereocenters. The van der Waals surface area contributed by atoms with Crippen molar-refractivity contribution < 1.29 is 18.8 Å². The molecular formula is C34H40ClN3O4. The summed E-state index contributed by atoms with van der Waals surface area (Å²) in [4.78, 5) is 18.0. The minimum atomic E-state index is -0.682. The standard InChI is InChI=1S/C34H40ClN3O4/c1-3-25-19-21-26(22-20-25)33(27-14-9-11-16-29(27)35)41-34(39)28-15-10-12-17-30(28)40-24-31-37-32(42-38-31)18-8-6-4-5-7-13-23-36-2/h9-12,14-17,19-22,33,36H,3-8,13,18,23-24H2,1-2H3. The second kappa shape index (κ2) is 16.7. The molecule has 0 spiro atoms. The zero-order valence-electron chi connectivity index (χ0n) is 24.5. The fraction of sp³-hybridized carbons (Fsp3) is 0.382. The molecule has 0 aliphatic carbocycles. The number of unbranched alkanes of at least 4 members (excludes halogenated alkanes) is 5. The van der Waals surface area contributed by atoms with Gasteiger partial charge in [0.15, 0.2) is 12.7 Å². The Morgan fingerprint density at radius 2 is 1.64 bits per heavy atom. The number of esters is 1. The van der Waals surface area contributed by atoms with Gasteiger partial charge in [0.2, 0.25) is 11.7 Å². The summed E-state index contributed by atoms with van der Waals surface area (Å²) in [5, 5.41) is 7.76. The first-order valence-electron chi connectivity index (χ1n) is 14.8. The van der Waals surface area contributed by atoms with Crippen molar-refractivity contribution in [3.8, 4) is 5.75 Å². The number of hydrogen-bond donors (Lipinski definition) is 1. The van der Waals surface area contributed by atoms with Crippen molar-refractivity contribution in [3.05, 3.63) is 112 Å². The van der Waals surface area contributed by atoms with Gasteiger partial charge < -0.3 is 19.3 Å². The Hall–Kier alpha value is -3.68. The number of nitrogens with zero attached hydrogens (tertiary/aromatic N) is 2. The summed E-state index contributed by atoms with van der Waals surface area (Å²) in [5.74, 6) is 0.902. The maximum Gasteiger partial charge on any atom is 0.342 e. The molecule has 7 nitrogen and oxygen atoms in total. The number of ether oxygens (including phenoxy) is 2. The Kier molecular flexibility index (Phi) is 12.4. The zero-order valence-corrected chi connectivity index (χ0v) is 25.2. The van der Waals surface area contributed by atoms with Crippen LogP contribution in [-0.4, -0.2) is 29.7 Å². The molecule has 4 aromatic rings. The lowest BCUT2D eigenvalue weighted by Crippen LogP contribution is -2.15. The minimum Gasteiger partial charge on any atom is -0.485 e. The molecule has 0 amide bonds. The molecule has 0 saturated heterocycles. The molecule has 1 heterocycles. The van der Waals surface area contributed by atoms with Crippen LogP contribution in [0.25, 0.3) is 0 Å². The Morgan fingerprint density at radius 3 is 2.40 bits per heavy atom. The van der Waals surface area contributed by atoms with Crippen LogP contribution in [0.4, 0.5) is 0 Å². The normalized spacial score (nSPS) is 11.8. The number of hydrogen-bond acceptors (Lipinski definition) is 7. The third-order valence-electron chi connectivity index (χ3n) is 7.14. The first-order valence-corrected chi connectivity index (χ1v) is 15.2. The summed E-state index contributed by atoms with van der Waals surface area (Å²) in [7, 11) is 1.99. The highest BCUT2D eigenvalue weighted by Gasteiger charge is 2.24. The van der Waals surface area contributed by atoms with E-state index >= 15 is 0 Å². The van der Waals surface area contributed by atoms with E-state index in [0.717, 1.165) is 37.8 Å². The van der Waals surface area contributed by atoms with Crippen molar-refractivity contribution in [2.75, 3.05) is 13.6 Å². The molecule has 0 bridgehead atoms. The van der Waals surface area contributed by atoms with Crippen LogP contribution in [0, 0.1) is 0 Å². The number of carbonyl (C=O) groups is 1. The van der Waals surface area contributed by atoms with E-state index in [1.165, 1.54) is 31.2 Å². The van der Waals surface area contributed by atoms with Crippen molar-refractivity contribution in [2.45, 2.75) is 71.0 Å². The van der Waals surface area contributed by atoms with E-state index in [-0.39, 0.29) is 6.61 Å². The summed E-state index contributed by atoms with van der Waals surface area (Å²) in [6.07, 6.45) is 8.06. The van der Waals surface area contributed by atoms with Crippen molar-refractivity contribution >= 4 is 17.6 Å². The van der Waals surface area contributed by atoms with Crippen LogP contribution in [-0.2, 0) is 24.2 Å². The number of carbonyl (C=O) groups excluding carboxylic acids is 1. The lowest BCUT2D eigenvalue weighted by Gasteiger charge is -2.21. The van der Waals surface area contributed by atoms with Crippen LogP contribution >= 0.6 is 11.6 Å². The van der Waals surface area contributed by atoms with Gasteiger partial charge in [-0.15, -0.1) is 0 Å².